The molecule has 3 aromatic heterocycles. The lowest BCUT2D eigenvalue weighted by Crippen LogP contribution is -2.05. The van der Waals surface area contributed by atoms with Crippen LogP contribution in [0, 0.1) is 0 Å². The highest BCUT2D eigenvalue weighted by Crippen LogP contribution is 2.26. The standard InChI is InChI=1S/C18H15N5O3/c1-26-18-13-4-2-3-5-14(13)23(21-18)16-10-19-9-15(20-16)22-7-6-12(11-22)8-17(24)25/h2-7,9-11H,8H2,1H3,(H,24,25). The molecule has 1 aromatic carbocycles. The summed E-state index contributed by atoms with van der Waals surface area (Å²) in [6.07, 6.45) is 6.67. The van der Waals surface area contributed by atoms with Crippen LogP contribution in [0.3, 0.4) is 0 Å². The molecule has 0 saturated heterocycles. The lowest BCUT2D eigenvalue weighted by Gasteiger charge is -2.05. The zero-order valence-corrected chi connectivity index (χ0v) is 13.9. The molecule has 0 fully saturated rings. The number of methoxy groups -OCH3 is 1. The van der Waals surface area contributed by atoms with Gasteiger partial charge in [-0.2, -0.15) is 0 Å². The van der Waals surface area contributed by atoms with Gasteiger partial charge < -0.3 is 14.4 Å². The molecule has 0 aliphatic carbocycles. The van der Waals surface area contributed by atoms with Crippen LogP contribution in [0.5, 0.6) is 5.88 Å². The van der Waals surface area contributed by atoms with Crippen molar-refractivity contribution in [3.8, 4) is 17.5 Å². The Morgan fingerprint density at radius 2 is 2.00 bits per heavy atom. The highest BCUT2D eigenvalue weighted by Gasteiger charge is 2.13. The van der Waals surface area contributed by atoms with Gasteiger partial charge in [0.1, 0.15) is 0 Å². The van der Waals surface area contributed by atoms with E-state index in [4.69, 9.17) is 9.84 Å². The van der Waals surface area contributed by atoms with Crippen molar-refractivity contribution in [1.29, 1.82) is 0 Å². The molecule has 0 aliphatic rings. The Kier molecular flexibility index (Phi) is 3.85. The number of ether oxygens (including phenoxy) is 1. The first-order valence-corrected chi connectivity index (χ1v) is 7.89. The number of carboxylic acid groups (broad SMARTS) is 1. The van der Waals surface area contributed by atoms with Crippen LogP contribution in [0.4, 0.5) is 0 Å². The summed E-state index contributed by atoms with van der Waals surface area (Å²) in [6, 6.07) is 9.44. The van der Waals surface area contributed by atoms with Crippen LogP contribution in [-0.4, -0.2) is 42.5 Å². The summed E-state index contributed by atoms with van der Waals surface area (Å²) in [5, 5.41) is 14.2. The molecule has 0 radical (unpaired) electrons. The molecule has 0 atom stereocenters. The van der Waals surface area contributed by atoms with Crippen molar-refractivity contribution in [1.82, 2.24) is 24.3 Å². The molecule has 0 unspecified atom stereocenters. The summed E-state index contributed by atoms with van der Waals surface area (Å²) in [7, 11) is 1.57. The average molecular weight is 349 g/mol. The smallest absolute Gasteiger partial charge is 0.307 e. The van der Waals surface area contributed by atoms with Crippen molar-refractivity contribution < 1.29 is 14.6 Å². The Bertz CT molecular complexity index is 1100. The number of nitrogens with zero attached hydrogens (tertiary/aromatic N) is 5. The van der Waals surface area contributed by atoms with Gasteiger partial charge in [-0.1, -0.05) is 12.1 Å². The Balaban J connectivity index is 1.77. The number of hydrogen-bond acceptors (Lipinski definition) is 5. The minimum atomic E-state index is -0.877. The SMILES string of the molecule is COc1nn(-c2cncc(-n3ccc(CC(=O)O)c3)n2)c2ccccc12. The average Bonchev–Trinajstić information content (AvgIpc) is 3.26. The molecular weight excluding hydrogens is 334 g/mol. The van der Waals surface area contributed by atoms with Crippen LogP contribution in [0.2, 0.25) is 0 Å². The summed E-state index contributed by atoms with van der Waals surface area (Å²) < 4.78 is 8.75. The van der Waals surface area contributed by atoms with Gasteiger partial charge in [0.15, 0.2) is 11.6 Å². The fourth-order valence-electron chi connectivity index (χ4n) is 2.80. The number of rotatable bonds is 5. The fourth-order valence-corrected chi connectivity index (χ4v) is 2.80. The predicted octanol–water partition coefficient (Wildman–Crippen LogP) is 2.24. The maximum atomic E-state index is 10.8. The van der Waals surface area contributed by atoms with Crippen LogP contribution < -0.4 is 4.74 Å². The Morgan fingerprint density at radius 3 is 2.81 bits per heavy atom. The quantitative estimate of drug-likeness (QED) is 0.594. The molecular formula is C18H15N5O3. The van der Waals surface area contributed by atoms with Crippen LogP contribution in [-0.2, 0) is 11.2 Å². The zero-order valence-electron chi connectivity index (χ0n) is 13.9. The Labute approximate surface area is 148 Å². The van der Waals surface area contributed by atoms with Crippen molar-refractivity contribution >= 4 is 16.9 Å². The summed E-state index contributed by atoms with van der Waals surface area (Å²) in [4.78, 5) is 19.7. The Hall–Kier alpha value is -3.68. The zero-order chi connectivity index (χ0) is 18.1. The molecule has 0 amide bonds. The van der Waals surface area contributed by atoms with E-state index in [0.29, 0.717) is 23.1 Å². The first kappa shape index (κ1) is 15.8. The fraction of sp³-hybridized carbons (Fsp3) is 0.111. The largest absolute Gasteiger partial charge is 0.481 e. The number of carboxylic acids is 1. The first-order valence-electron chi connectivity index (χ1n) is 7.89. The van der Waals surface area contributed by atoms with E-state index in [1.807, 2.05) is 24.3 Å². The number of hydrogen-bond donors (Lipinski definition) is 1. The van der Waals surface area contributed by atoms with Crippen LogP contribution in [0.1, 0.15) is 5.56 Å². The van der Waals surface area contributed by atoms with Crippen molar-refractivity contribution in [2.24, 2.45) is 0 Å². The second kappa shape index (κ2) is 6.32. The molecule has 130 valence electrons. The van der Waals surface area contributed by atoms with Gasteiger partial charge in [0.25, 0.3) is 0 Å². The molecule has 4 rings (SSSR count). The second-order valence-corrected chi connectivity index (χ2v) is 5.67. The van der Waals surface area contributed by atoms with Crippen molar-refractivity contribution in [2.75, 3.05) is 7.11 Å². The van der Waals surface area contributed by atoms with E-state index in [0.717, 1.165) is 10.9 Å². The van der Waals surface area contributed by atoms with Crippen molar-refractivity contribution in [3.05, 3.63) is 60.7 Å². The number of fused-ring (bicyclic) bond motifs is 1. The van der Waals surface area contributed by atoms with Gasteiger partial charge in [0.05, 0.1) is 36.8 Å². The molecule has 0 saturated carbocycles. The van der Waals surface area contributed by atoms with Gasteiger partial charge in [-0.3, -0.25) is 9.78 Å². The lowest BCUT2D eigenvalue weighted by atomic mass is 10.2. The van der Waals surface area contributed by atoms with Gasteiger partial charge in [-0.05, 0) is 23.8 Å². The number of aromatic nitrogens is 5. The topological polar surface area (TPSA) is 95.1 Å². The summed E-state index contributed by atoms with van der Waals surface area (Å²) in [5.74, 6) is 0.739. The van der Waals surface area contributed by atoms with Crippen LogP contribution in [0.25, 0.3) is 22.5 Å². The van der Waals surface area contributed by atoms with Gasteiger partial charge in [-0.25, -0.2) is 9.67 Å². The van der Waals surface area contributed by atoms with E-state index in [1.54, 1.807) is 47.2 Å². The Morgan fingerprint density at radius 1 is 1.19 bits per heavy atom. The molecule has 4 aromatic rings. The normalized spacial score (nSPS) is 11.0. The molecule has 8 nitrogen and oxygen atoms in total. The molecule has 0 bridgehead atoms. The van der Waals surface area contributed by atoms with E-state index >= 15 is 0 Å². The van der Waals surface area contributed by atoms with E-state index in [9.17, 15) is 4.79 Å². The van der Waals surface area contributed by atoms with Crippen molar-refractivity contribution in [2.45, 2.75) is 6.42 Å². The van der Waals surface area contributed by atoms with Crippen LogP contribution in [0.15, 0.2) is 55.1 Å². The highest BCUT2D eigenvalue weighted by atomic mass is 16.5. The molecule has 0 spiro atoms. The summed E-state index contributed by atoms with van der Waals surface area (Å²) in [5.41, 5.74) is 1.55. The minimum Gasteiger partial charge on any atom is -0.481 e. The first-order chi connectivity index (χ1) is 12.7. The number of benzene rings is 1. The summed E-state index contributed by atoms with van der Waals surface area (Å²) >= 11 is 0. The maximum Gasteiger partial charge on any atom is 0.307 e. The highest BCUT2D eigenvalue weighted by molar-refractivity contribution is 5.85. The third-order valence-corrected chi connectivity index (χ3v) is 3.95. The molecule has 26 heavy (non-hydrogen) atoms. The van der Waals surface area contributed by atoms with E-state index in [1.165, 1.54) is 0 Å². The summed E-state index contributed by atoms with van der Waals surface area (Å²) in [6.45, 7) is 0. The van der Waals surface area contributed by atoms with Crippen molar-refractivity contribution in [3.63, 3.8) is 0 Å². The number of aliphatic carboxylic acids is 1. The van der Waals surface area contributed by atoms with Gasteiger partial charge >= 0.3 is 5.97 Å². The van der Waals surface area contributed by atoms with E-state index in [-0.39, 0.29) is 6.42 Å². The molecule has 3 heterocycles. The van der Waals surface area contributed by atoms with Gasteiger partial charge in [-0.15, -0.1) is 5.10 Å². The minimum absolute atomic E-state index is 0.0406. The monoisotopic (exact) mass is 349 g/mol. The van der Waals surface area contributed by atoms with Gasteiger partial charge in [0.2, 0.25) is 5.88 Å². The predicted molar refractivity (Wildman–Crippen MR) is 93.9 cm³/mol. The molecule has 8 heteroatoms. The third kappa shape index (κ3) is 2.77. The lowest BCUT2D eigenvalue weighted by molar-refractivity contribution is -0.136. The van der Waals surface area contributed by atoms with Crippen LogP contribution >= 0.6 is 0 Å². The molecule has 1 N–H and O–H groups in total. The van der Waals surface area contributed by atoms with E-state index in [2.05, 4.69) is 15.1 Å². The maximum absolute atomic E-state index is 10.8. The molecule has 0 aliphatic heterocycles. The third-order valence-electron chi connectivity index (χ3n) is 3.95. The van der Waals surface area contributed by atoms with Gasteiger partial charge in [0, 0.05) is 12.4 Å². The van der Waals surface area contributed by atoms with E-state index < -0.39 is 5.97 Å². The number of carbonyl (C=O) groups is 1. The second-order valence-electron chi connectivity index (χ2n) is 5.67. The number of para-hydroxylation sites is 1.